The molecule has 1 atom stereocenters. The molecule has 0 aromatic heterocycles. The molecule has 2 aromatic rings. The van der Waals surface area contributed by atoms with Gasteiger partial charge in [-0.3, -0.25) is 4.79 Å². The van der Waals surface area contributed by atoms with Gasteiger partial charge in [0.2, 0.25) is 0 Å². The fourth-order valence-electron chi connectivity index (χ4n) is 4.50. The Labute approximate surface area is 179 Å². The zero-order valence-corrected chi connectivity index (χ0v) is 17.6. The molecule has 1 N–H and O–H groups in total. The zero-order chi connectivity index (χ0) is 19.3. The summed E-state index contributed by atoms with van der Waals surface area (Å²) < 4.78 is 13.9. The average Bonchev–Trinajstić information content (AvgIpc) is 3.23. The Kier molecular flexibility index (Phi) is 7.68. The maximum absolute atomic E-state index is 13.9. The summed E-state index contributed by atoms with van der Waals surface area (Å²) in [6.07, 6.45) is 4.96. The molecule has 0 radical (unpaired) electrons. The first-order valence-corrected chi connectivity index (χ1v) is 10.5. The van der Waals surface area contributed by atoms with Crippen LogP contribution in [0.15, 0.2) is 48.5 Å². The van der Waals surface area contributed by atoms with Gasteiger partial charge in [-0.1, -0.05) is 30.3 Å². The van der Waals surface area contributed by atoms with Crippen LogP contribution in [-0.4, -0.2) is 37.0 Å². The van der Waals surface area contributed by atoms with Crippen LogP contribution in [0.4, 0.5) is 4.39 Å². The normalized spacial score (nSPS) is 19.8. The maximum Gasteiger partial charge on any atom is 0.253 e. The Morgan fingerprint density at radius 3 is 2.34 bits per heavy atom. The summed E-state index contributed by atoms with van der Waals surface area (Å²) in [4.78, 5) is 14.8. The van der Waals surface area contributed by atoms with E-state index in [-0.39, 0.29) is 24.1 Å². The number of benzene rings is 2. The van der Waals surface area contributed by atoms with Gasteiger partial charge in [0.15, 0.2) is 0 Å². The molecule has 3 nitrogen and oxygen atoms in total. The Morgan fingerprint density at radius 1 is 0.966 bits per heavy atom. The van der Waals surface area contributed by atoms with Crippen molar-refractivity contribution in [3.8, 4) is 0 Å². The summed E-state index contributed by atoms with van der Waals surface area (Å²) >= 11 is 0. The van der Waals surface area contributed by atoms with E-state index in [1.54, 1.807) is 6.07 Å². The molecule has 1 amide bonds. The number of carbonyl (C=O) groups excluding carboxylic acids is 1. The minimum atomic E-state index is -0.116. The molecular formula is C24H30ClFN2O. The molecule has 2 fully saturated rings. The highest BCUT2D eigenvalue weighted by atomic mass is 35.5. The van der Waals surface area contributed by atoms with Gasteiger partial charge in [-0.15, -0.1) is 12.4 Å². The summed E-state index contributed by atoms with van der Waals surface area (Å²) in [5, 5.41) is 3.41. The van der Waals surface area contributed by atoms with Crippen molar-refractivity contribution >= 4 is 18.3 Å². The molecule has 2 aliphatic heterocycles. The third-order valence-corrected chi connectivity index (χ3v) is 6.26. The van der Waals surface area contributed by atoms with Crippen LogP contribution in [0.2, 0.25) is 0 Å². The molecule has 0 aliphatic carbocycles. The van der Waals surface area contributed by atoms with Gasteiger partial charge in [0.1, 0.15) is 5.82 Å². The highest BCUT2D eigenvalue weighted by Gasteiger charge is 2.24. The standard InChI is InChI=1S/C24H29FN2O.ClH/c25-23-4-2-1-3-22(23)16-19-10-13-27(14-11-19)24(28)21-7-5-18(6-8-21)15-20-9-12-26-17-20;/h1-8,19-20,26H,9-17H2;1H. The van der Waals surface area contributed by atoms with Gasteiger partial charge < -0.3 is 10.2 Å². The van der Waals surface area contributed by atoms with Crippen molar-refractivity contribution in [2.45, 2.75) is 32.1 Å². The Balaban J connectivity index is 0.00000240. The van der Waals surface area contributed by atoms with Crippen LogP contribution in [0.1, 0.15) is 40.7 Å². The van der Waals surface area contributed by atoms with Gasteiger partial charge in [0.05, 0.1) is 0 Å². The second kappa shape index (κ2) is 10.2. The average molecular weight is 417 g/mol. The molecule has 0 saturated carbocycles. The Bertz CT molecular complexity index is 797. The lowest BCUT2D eigenvalue weighted by Crippen LogP contribution is -2.39. The molecule has 2 heterocycles. The van der Waals surface area contributed by atoms with Crippen molar-refractivity contribution in [3.05, 3.63) is 71.0 Å². The van der Waals surface area contributed by atoms with Gasteiger partial charge in [-0.25, -0.2) is 4.39 Å². The molecule has 2 aliphatic rings. The highest BCUT2D eigenvalue weighted by molar-refractivity contribution is 5.94. The zero-order valence-electron chi connectivity index (χ0n) is 16.8. The quantitative estimate of drug-likeness (QED) is 0.778. The third kappa shape index (κ3) is 5.58. The van der Waals surface area contributed by atoms with Crippen LogP contribution in [0.25, 0.3) is 0 Å². The SMILES string of the molecule is Cl.O=C(c1ccc(CC2CCNC2)cc1)N1CCC(Cc2ccccc2F)CC1. The molecule has 29 heavy (non-hydrogen) atoms. The van der Waals surface area contributed by atoms with Crippen molar-refractivity contribution in [2.75, 3.05) is 26.2 Å². The highest BCUT2D eigenvalue weighted by Crippen LogP contribution is 2.24. The van der Waals surface area contributed by atoms with E-state index in [9.17, 15) is 9.18 Å². The van der Waals surface area contributed by atoms with Crippen LogP contribution in [0, 0.1) is 17.7 Å². The van der Waals surface area contributed by atoms with E-state index in [4.69, 9.17) is 0 Å². The van der Waals surface area contributed by atoms with Crippen molar-refractivity contribution in [1.29, 1.82) is 0 Å². The van der Waals surface area contributed by atoms with E-state index in [2.05, 4.69) is 17.4 Å². The van der Waals surface area contributed by atoms with E-state index in [1.165, 1.54) is 18.1 Å². The van der Waals surface area contributed by atoms with Crippen molar-refractivity contribution in [3.63, 3.8) is 0 Å². The predicted octanol–water partition coefficient (Wildman–Crippen LogP) is 4.49. The number of likely N-dealkylation sites (tertiary alicyclic amines) is 1. The second-order valence-electron chi connectivity index (χ2n) is 8.29. The van der Waals surface area contributed by atoms with Crippen molar-refractivity contribution < 1.29 is 9.18 Å². The third-order valence-electron chi connectivity index (χ3n) is 6.26. The topological polar surface area (TPSA) is 32.3 Å². The maximum atomic E-state index is 13.9. The first kappa shape index (κ1) is 21.8. The first-order chi connectivity index (χ1) is 13.7. The van der Waals surface area contributed by atoms with Crippen molar-refractivity contribution in [1.82, 2.24) is 10.2 Å². The van der Waals surface area contributed by atoms with E-state index in [1.807, 2.05) is 29.2 Å². The second-order valence-corrected chi connectivity index (χ2v) is 8.29. The lowest BCUT2D eigenvalue weighted by Gasteiger charge is -2.32. The van der Waals surface area contributed by atoms with Gasteiger partial charge in [0.25, 0.3) is 5.91 Å². The Morgan fingerprint density at radius 2 is 1.69 bits per heavy atom. The van der Waals surface area contributed by atoms with E-state index < -0.39 is 0 Å². The smallest absolute Gasteiger partial charge is 0.253 e. The summed E-state index contributed by atoms with van der Waals surface area (Å²) in [5.41, 5.74) is 2.88. The lowest BCUT2D eigenvalue weighted by molar-refractivity contribution is 0.0690. The van der Waals surface area contributed by atoms with Gasteiger partial charge >= 0.3 is 0 Å². The lowest BCUT2D eigenvalue weighted by atomic mass is 9.89. The largest absolute Gasteiger partial charge is 0.339 e. The van der Waals surface area contributed by atoms with E-state index in [0.717, 1.165) is 68.9 Å². The number of piperidine rings is 1. The fraction of sp³-hybridized carbons (Fsp3) is 0.458. The number of hydrogen-bond acceptors (Lipinski definition) is 2. The monoisotopic (exact) mass is 416 g/mol. The first-order valence-electron chi connectivity index (χ1n) is 10.5. The molecule has 2 aromatic carbocycles. The van der Waals surface area contributed by atoms with Crippen LogP contribution in [-0.2, 0) is 12.8 Å². The van der Waals surface area contributed by atoms with Crippen LogP contribution in [0.3, 0.4) is 0 Å². The summed E-state index contributed by atoms with van der Waals surface area (Å²) in [7, 11) is 0. The number of nitrogens with zero attached hydrogens (tertiary/aromatic N) is 1. The molecular weight excluding hydrogens is 387 g/mol. The molecule has 5 heteroatoms. The minimum absolute atomic E-state index is 0. The number of nitrogens with one attached hydrogen (secondary N) is 1. The number of hydrogen-bond donors (Lipinski definition) is 1. The van der Waals surface area contributed by atoms with Crippen molar-refractivity contribution in [2.24, 2.45) is 11.8 Å². The molecule has 2 saturated heterocycles. The van der Waals surface area contributed by atoms with Gasteiger partial charge in [-0.2, -0.15) is 0 Å². The predicted molar refractivity (Wildman–Crippen MR) is 117 cm³/mol. The number of rotatable bonds is 5. The van der Waals surface area contributed by atoms with Gasteiger partial charge in [-0.05, 0) is 86.4 Å². The molecule has 0 bridgehead atoms. The number of carbonyl (C=O) groups is 1. The number of amides is 1. The molecule has 0 spiro atoms. The van der Waals surface area contributed by atoms with Gasteiger partial charge in [0, 0.05) is 18.7 Å². The summed E-state index contributed by atoms with van der Waals surface area (Å²) in [6, 6.07) is 15.2. The molecule has 4 rings (SSSR count). The minimum Gasteiger partial charge on any atom is -0.339 e. The molecule has 156 valence electrons. The molecule has 1 unspecified atom stereocenters. The number of halogens is 2. The van der Waals surface area contributed by atoms with E-state index in [0.29, 0.717) is 5.92 Å². The summed E-state index contributed by atoms with van der Waals surface area (Å²) in [5.74, 6) is 1.17. The summed E-state index contributed by atoms with van der Waals surface area (Å²) in [6.45, 7) is 3.73. The van der Waals surface area contributed by atoms with Crippen LogP contribution >= 0.6 is 12.4 Å². The Hall–Kier alpha value is -1.91. The van der Waals surface area contributed by atoms with Crippen LogP contribution in [0.5, 0.6) is 0 Å². The van der Waals surface area contributed by atoms with Crippen LogP contribution < -0.4 is 5.32 Å². The fourth-order valence-corrected chi connectivity index (χ4v) is 4.50. The van der Waals surface area contributed by atoms with E-state index >= 15 is 0 Å².